The zero-order valence-corrected chi connectivity index (χ0v) is 14.2. The van der Waals surface area contributed by atoms with Gasteiger partial charge in [0.2, 0.25) is 0 Å². The third kappa shape index (κ3) is 2.72. The molecule has 1 aliphatic heterocycles. The van der Waals surface area contributed by atoms with Crippen molar-refractivity contribution < 1.29 is 0 Å². The number of rotatable bonds is 3. The van der Waals surface area contributed by atoms with E-state index in [-0.39, 0.29) is 5.56 Å². The number of aryl methyl sites for hydroxylation is 1. The van der Waals surface area contributed by atoms with Crippen LogP contribution in [-0.4, -0.2) is 20.8 Å². The van der Waals surface area contributed by atoms with E-state index in [0.29, 0.717) is 12.6 Å². The molecule has 1 atom stereocenters. The van der Waals surface area contributed by atoms with Crippen molar-refractivity contribution in [2.24, 2.45) is 0 Å². The van der Waals surface area contributed by atoms with Gasteiger partial charge in [-0.15, -0.1) is 0 Å². The van der Waals surface area contributed by atoms with E-state index < -0.39 is 0 Å². The molecular formula is C19H18ClN3O. The summed E-state index contributed by atoms with van der Waals surface area (Å²) < 4.78 is 1.60. The summed E-state index contributed by atoms with van der Waals surface area (Å²) in [6.45, 7) is 3.68. The molecule has 3 heterocycles. The predicted molar refractivity (Wildman–Crippen MR) is 95.4 cm³/mol. The number of halogens is 1. The van der Waals surface area contributed by atoms with E-state index in [1.807, 2.05) is 31.2 Å². The monoisotopic (exact) mass is 339 g/mol. The summed E-state index contributed by atoms with van der Waals surface area (Å²) in [6, 6.07) is 13.9. The quantitative estimate of drug-likeness (QED) is 0.731. The first-order valence-electron chi connectivity index (χ1n) is 8.09. The van der Waals surface area contributed by atoms with Gasteiger partial charge in [0.05, 0.1) is 5.69 Å². The van der Waals surface area contributed by atoms with Crippen molar-refractivity contribution in [3.63, 3.8) is 0 Å². The second kappa shape index (κ2) is 6.04. The molecule has 0 unspecified atom stereocenters. The predicted octanol–water partition coefficient (Wildman–Crippen LogP) is 3.60. The van der Waals surface area contributed by atoms with E-state index in [9.17, 15) is 4.79 Å². The molecule has 1 aromatic carbocycles. The Bertz CT molecular complexity index is 949. The number of benzene rings is 1. The normalized spacial score (nSPS) is 17.8. The van der Waals surface area contributed by atoms with Gasteiger partial charge in [-0.2, -0.15) is 0 Å². The van der Waals surface area contributed by atoms with E-state index in [1.165, 1.54) is 5.56 Å². The molecule has 5 heteroatoms. The molecule has 24 heavy (non-hydrogen) atoms. The molecule has 0 N–H and O–H groups in total. The molecule has 1 aliphatic rings. The number of nitrogens with zero attached hydrogens (tertiary/aromatic N) is 3. The van der Waals surface area contributed by atoms with Crippen LogP contribution in [0.5, 0.6) is 0 Å². The summed E-state index contributed by atoms with van der Waals surface area (Å²) >= 11 is 5.97. The highest BCUT2D eigenvalue weighted by atomic mass is 35.5. The van der Waals surface area contributed by atoms with Crippen molar-refractivity contribution in [1.29, 1.82) is 0 Å². The molecule has 4 rings (SSSR count). The van der Waals surface area contributed by atoms with Crippen LogP contribution >= 0.6 is 11.6 Å². The van der Waals surface area contributed by atoms with Gasteiger partial charge in [0.1, 0.15) is 5.65 Å². The van der Waals surface area contributed by atoms with Gasteiger partial charge in [-0.05, 0) is 42.7 Å². The second-order valence-corrected chi connectivity index (χ2v) is 6.73. The van der Waals surface area contributed by atoms with Crippen molar-refractivity contribution in [3.05, 3.63) is 80.9 Å². The summed E-state index contributed by atoms with van der Waals surface area (Å²) in [5.41, 5.74) is 3.81. The molecule has 0 radical (unpaired) electrons. The van der Waals surface area contributed by atoms with Crippen LogP contribution in [-0.2, 0) is 6.54 Å². The van der Waals surface area contributed by atoms with Crippen LogP contribution in [0.3, 0.4) is 0 Å². The van der Waals surface area contributed by atoms with Crippen LogP contribution in [0.15, 0.2) is 53.5 Å². The number of pyridine rings is 1. The van der Waals surface area contributed by atoms with E-state index >= 15 is 0 Å². The van der Waals surface area contributed by atoms with Gasteiger partial charge in [-0.1, -0.05) is 29.8 Å². The molecule has 0 spiro atoms. The van der Waals surface area contributed by atoms with Crippen LogP contribution in [0, 0.1) is 6.92 Å². The number of hydrogen-bond acceptors (Lipinski definition) is 3. The average Bonchev–Trinajstić information content (AvgIpc) is 2.55. The Balaban J connectivity index is 1.61. The Hall–Kier alpha value is -2.17. The Kier molecular flexibility index (Phi) is 3.87. The fourth-order valence-corrected chi connectivity index (χ4v) is 3.42. The SMILES string of the molecule is Cc1cccn2c(=O)cc(CN3CC[C@@H]3c3ccc(Cl)cc3)nc12. The van der Waals surface area contributed by atoms with Gasteiger partial charge < -0.3 is 0 Å². The van der Waals surface area contributed by atoms with Gasteiger partial charge in [-0.25, -0.2) is 4.98 Å². The lowest BCUT2D eigenvalue weighted by molar-refractivity contribution is 0.0804. The lowest BCUT2D eigenvalue weighted by Crippen LogP contribution is -2.40. The number of aromatic nitrogens is 2. The summed E-state index contributed by atoms with van der Waals surface area (Å²) in [7, 11) is 0. The molecular weight excluding hydrogens is 322 g/mol. The standard InChI is InChI=1S/C19H18ClN3O/c1-13-3-2-9-23-18(24)11-16(21-19(13)23)12-22-10-8-17(22)14-4-6-15(20)7-5-14/h2-7,9,11,17H,8,10,12H2,1H3/t17-/m1/s1. The Morgan fingerprint density at radius 2 is 2.04 bits per heavy atom. The van der Waals surface area contributed by atoms with Crippen molar-refractivity contribution in [3.8, 4) is 0 Å². The maximum atomic E-state index is 12.3. The van der Waals surface area contributed by atoms with Crippen LogP contribution in [0.25, 0.3) is 5.65 Å². The zero-order valence-electron chi connectivity index (χ0n) is 13.4. The van der Waals surface area contributed by atoms with Crippen molar-refractivity contribution in [1.82, 2.24) is 14.3 Å². The largest absolute Gasteiger partial charge is 0.290 e. The highest BCUT2D eigenvalue weighted by Crippen LogP contribution is 2.34. The molecule has 0 aliphatic carbocycles. The summed E-state index contributed by atoms with van der Waals surface area (Å²) in [5.74, 6) is 0. The van der Waals surface area contributed by atoms with Gasteiger partial charge in [-0.3, -0.25) is 14.1 Å². The smallest absolute Gasteiger partial charge is 0.258 e. The Morgan fingerprint density at radius 1 is 1.25 bits per heavy atom. The van der Waals surface area contributed by atoms with Crippen molar-refractivity contribution in [2.45, 2.75) is 25.9 Å². The first-order valence-corrected chi connectivity index (χ1v) is 8.47. The molecule has 3 aromatic rings. The number of fused-ring (bicyclic) bond motifs is 1. The van der Waals surface area contributed by atoms with Gasteiger partial charge in [0, 0.05) is 36.4 Å². The van der Waals surface area contributed by atoms with Crippen LogP contribution in [0.4, 0.5) is 0 Å². The van der Waals surface area contributed by atoms with Crippen LogP contribution < -0.4 is 5.56 Å². The van der Waals surface area contributed by atoms with E-state index in [0.717, 1.165) is 34.9 Å². The van der Waals surface area contributed by atoms with Crippen molar-refractivity contribution in [2.75, 3.05) is 6.54 Å². The third-order valence-electron chi connectivity index (χ3n) is 4.69. The average molecular weight is 340 g/mol. The highest BCUT2D eigenvalue weighted by Gasteiger charge is 2.29. The molecule has 1 saturated heterocycles. The maximum absolute atomic E-state index is 12.3. The maximum Gasteiger partial charge on any atom is 0.258 e. The molecule has 2 aromatic heterocycles. The summed E-state index contributed by atoms with van der Waals surface area (Å²) in [5, 5.41) is 0.754. The Morgan fingerprint density at radius 3 is 2.75 bits per heavy atom. The topological polar surface area (TPSA) is 37.6 Å². The molecule has 1 fully saturated rings. The van der Waals surface area contributed by atoms with Gasteiger partial charge >= 0.3 is 0 Å². The van der Waals surface area contributed by atoms with Crippen LogP contribution in [0.2, 0.25) is 5.02 Å². The van der Waals surface area contributed by atoms with E-state index in [2.05, 4.69) is 17.0 Å². The molecule has 4 nitrogen and oxygen atoms in total. The summed E-state index contributed by atoms with van der Waals surface area (Å²) in [6.07, 6.45) is 2.88. The lowest BCUT2D eigenvalue weighted by atomic mass is 9.94. The fourth-order valence-electron chi connectivity index (χ4n) is 3.29. The highest BCUT2D eigenvalue weighted by molar-refractivity contribution is 6.30. The fraction of sp³-hybridized carbons (Fsp3) is 0.263. The number of likely N-dealkylation sites (tertiary alicyclic amines) is 1. The molecule has 122 valence electrons. The molecule has 0 saturated carbocycles. The molecule has 0 bridgehead atoms. The van der Waals surface area contributed by atoms with Crippen LogP contribution in [0.1, 0.15) is 29.3 Å². The minimum Gasteiger partial charge on any atom is -0.290 e. The van der Waals surface area contributed by atoms with E-state index in [1.54, 1.807) is 16.7 Å². The molecule has 0 amide bonds. The minimum absolute atomic E-state index is 0.0257. The van der Waals surface area contributed by atoms with Gasteiger partial charge in [0.25, 0.3) is 5.56 Å². The lowest BCUT2D eigenvalue weighted by Gasteiger charge is -2.41. The summed E-state index contributed by atoms with van der Waals surface area (Å²) in [4.78, 5) is 19.4. The Labute approximate surface area is 145 Å². The minimum atomic E-state index is -0.0257. The zero-order chi connectivity index (χ0) is 16.7. The third-order valence-corrected chi connectivity index (χ3v) is 4.94. The number of hydrogen-bond donors (Lipinski definition) is 0. The first kappa shape index (κ1) is 15.4. The van der Waals surface area contributed by atoms with Gasteiger partial charge in [0.15, 0.2) is 0 Å². The van der Waals surface area contributed by atoms with E-state index in [4.69, 9.17) is 16.6 Å². The second-order valence-electron chi connectivity index (χ2n) is 6.30. The first-order chi connectivity index (χ1) is 11.6. The van der Waals surface area contributed by atoms with Crippen molar-refractivity contribution >= 4 is 17.2 Å².